The maximum absolute atomic E-state index is 11.9. The van der Waals surface area contributed by atoms with Gasteiger partial charge < -0.3 is 15.4 Å². The van der Waals surface area contributed by atoms with Gasteiger partial charge in [-0.25, -0.2) is 4.79 Å². The molecule has 0 saturated carbocycles. The number of carbonyl (C=O) groups is 1. The van der Waals surface area contributed by atoms with Crippen LogP contribution in [0.25, 0.3) is 0 Å². The molecule has 2 rings (SSSR count). The quantitative estimate of drug-likeness (QED) is 0.761. The van der Waals surface area contributed by atoms with Crippen molar-refractivity contribution in [3.8, 4) is 5.75 Å². The van der Waals surface area contributed by atoms with Gasteiger partial charge in [0.25, 0.3) is 0 Å². The van der Waals surface area contributed by atoms with Crippen molar-refractivity contribution in [2.45, 2.75) is 33.6 Å². The molecule has 0 atom stereocenters. The monoisotopic (exact) mass is 326 g/mol. The minimum Gasteiger partial charge on any atom is -0.491 e. The Morgan fingerprint density at radius 1 is 1.08 bits per heavy atom. The van der Waals surface area contributed by atoms with Gasteiger partial charge in [-0.05, 0) is 54.7 Å². The average Bonchev–Trinajstić information content (AvgIpc) is 2.55. The van der Waals surface area contributed by atoms with Gasteiger partial charge in [-0.3, -0.25) is 0 Å². The number of rotatable bonds is 6. The maximum atomic E-state index is 11.9. The van der Waals surface area contributed by atoms with E-state index in [1.54, 1.807) is 0 Å². The van der Waals surface area contributed by atoms with Crippen LogP contribution in [-0.2, 0) is 0 Å². The summed E-state index contributed by atoms with van der Waals surface area (Å²) in [7, 11) is 0. The number of para-hydroxylation sites is 1. The van der Waals surface area contributed by atoms with Gasteiger partial charge in [0, 0.05) is 5.69 Å². The van der Waals surface area contributed by atoms with Crippen LogP contribution in [0.3, 0.4) is 0 Å². The van der Waals surface area contributed by atoms with E-state index >= 15 is 0 Å². The lowest BCUT2D eigenvalue weighted by molar-refractivity contribution is 0.247. The van der Waals surface area contributed by atoms with E-state index in [0.29, 0.717) is 19.1 Å². The minimum absolute atomic E-state index is 0.223. The van der Waals surface area contributed by atoms with Crippen LogP contribution in [0.15, 0.2) is 42.5 Å². The minimum atomic E-state index is -0.223. The molecule has 2 N–H and O–H groups in total. The van der Waals surface area contributed by atoms with Crippen LogP contribution >= 0.6 is 0 Å². The van der Waals surface area contributed by atoms with E-state index in [2.05, 4.69) is 30.5 Å². The maximum Gasteiger partial charge on any atom is 0.319 e. The molecule has 128 valence electrons. The van der Waals surface area contributed by atoms with Crippen LogP contribution in [0.1, 0.15) is 36.5 Å². The summed E-state index contributed by atoms with van der Waals surface area (Å²) in [6, 6.07) is 13.6. The van der Waals surface area contributed by atoms with Crippen molar-refractivity contribution in [2.75, 3.05) is 18.5 Å². The summed E-state index contributed by atoms with van der Waals surface area (Å²) in [6.45, 7) is 9.23. The fraction of sp³-hybridized carbons (Fsp3) is 0.350. The number of anilines is 1. The van der Waals surface area contributed by atoms with Crippen LogP contribution in [0.4, 0.5) is 10.5 Å². The number of carbonyl (C=O) groups excluding carboxylic acids is 1. The van der Waals surface area contributed by atoms with Gasteiger partial charge in [0.05, 0.1) is 6.54 Å². The summed E-state index contributed by atoms with van der Waals surface area (Å²) < 4.78 is 5.79. The highest BCUT2D eigenvalue weighted by molar-refractivity contribution is 5.89. The molecule has 2 aromatic carbocycles. The zero-order valence-corrected chi connectivity index (χ0v) is 14.8. The summed E-state index contributed by atoms with van der Waals surface area (Å²) in [5.41, 5.74) is 4.33. The molecule has 0 heterocycles. The smallest absolute Gasteiger partial charge is 0.319 e. The molecular formula is C20H26N2O2. The number of urea groups is 1. The van der Waals surface area contributed by atoms with Crippen molar-refractivity contribution >= 4 is 11.7 Å². The van der Waals surface area contributed by atoms with Crippen LogP contribution in [0.2, 0.25) is 0 Å². The Morgan fingerprint density at radius 3 is 2.54 bits per heavy atom. The summed E-state index contributed by atoms with van der Waals surface area (Å²) in [4.78, 5) is 11.9. The van der Waals surface area contributed by atoms with Gasteiger partial charge in [-0.15, -0.1) is 0 Å². The zero-order valence-electron chi connectivity index (χ0n) is 14.8. The number of hydrogen-bond acceptors (Lipinski definition) is 2. The molecule has 0 unspecified atom stereocenters. The fourth-order valence-electron chi connectivity index (χ4n) is 2.41. The molecule has 4 nitrogen and oxygen atoms in total. The number of nitrogens with one attached hydrogen (secondary N) is 2. The standard InChI is InChI=1S/C20H26N2O2/c1-14(2)18-7-5-6-8-19(18)24-12-11-21-20(23)22-17-10-9-15(3)16(4)13-17/h5-10,13-14H,11-12H2,1-4H3,(H2,21,22,23). The van der Waals surface area contributed by atoms with Crippen LogP contribution < -0.4 is 15.4 Å². The first-order valence-corrected chi connectivity index (χ1v) is 8.31. The first kappa shape index (κ1) is 17.9. The highest BCUT2D eigenvalue weighted by atomic mass is 16.5. The van der Waals surface area contributed by atoms with Gasteiger partial charge in [-0.2, -0.15) is 0 Å². The third kappa shape index (κ3) is 5.01. The number of aryl methyl sites for hydroxylation is 2. The van der Waals surface area contributed by atoms with Gasteiger partial charge in [-0.1, -0.05) is 38.1 Å². The second kappa shape index (κ2) is 8.39. The summed E-state index contributed by atoms with van der Waals surface area (Å²) in [5.74, 6) is 1.28. The average molecular weight is 326 g/mol. The van der Waals surface area contributed by atoms with E-state index < -0.39 is 0 Å². The predicted octanol–water partition coefficient (Wildman–Crippen LogP) is 4.63. The van der Waals surface area contributed by atoms with Crippen LogP contribution in [-0.4, -0.2) is 19.2 Å². The molecule has 24 heavy (non-hydrogen) atoms. The Bertz CT molecular complexity index is 696. The van der Waals surface area contributed by atoms with Gasteiger partial charge in [0.1, 0.15) is 12.4 Å². The molecule has 0 spiro atoms. The van der Waals surface area contributed by atoms with Crippen molar-refractivity contribution in [3.05, 3.63) is 59.2 Å². The lowest BCUT2D eigenvalue weighted by Crippen LogP contribution is -2.32. The Balaban J connectivity index is 1.78. The van der Waals surface area contributed by atoms with Crippen LogP contribution in [0.5, 0.6) is 5.75 Å². The summed E-state index contributed by atoms with van der Waals surface area (Å²) in [5, 5.41) is 5.64. The lowest BCUT2D eigenvalue weighted by atomic mass is 10.0. The molecule has 0 radical (unpaired) electrons. The highest BCUT2D eigenvalue weighted by Gasteiger charge is 2.07. The first-order chi connectivity index (χ1) is 11.5. The summed E-state index contributed by atoms with van der Waals surface area (Å²) >= 11 is 0. The third-order valence-corrected chi connectivity index (χ3v) is 3.95. The molecule has 4 heteroatoms. The molecule has 2 aromatic rings. The molecule has 0 aliphatic rings. The Kier molecular flexibility index (Phi) is 6.24. The fourth-order valence-corrected chi connectivity index (χ4v) is 2.41. The van der Waals surface area contributed by atoms with Crippen molar-refractivity contribution in [1.82, 2.24) is 5.32 Å². The summed E-state index contributed by atoms with van der Waals surface area (Å²) in [6.07, 6.45) is 0. The number of amides is 2. The number of benzene rings is 2. The van der Waals surface area contributed by atoms with Gasteiger partial charge >= 0.3 is 6.03 Å². The van der Waals surface area contributed by atoms with E-state index in [0.717, 1.165) is 17.0 Å². The van der Waals surface area contributed by atoms with E-state index in [1.165, 1.54) is 11.1 Å². The van der Waals surface area contributed by atoms with Gasteiger partial charge in [0.2, 0.25) is 0 Å². The topological polar surface area (TPSA) is 50.4 Å². The van der Waals surface area contributed by atoms with E-state index in [1.807, 2.05) is 50.2 Å². The molecule has 0 fully saturated rings. The van der Waals surface area contributed by atoms with E-state index in [4.69, 9.17) is 4.74 Å². The Labute approximate surface area is 144 Å². The second-order valence-corrected chi connectivity index (χ2v) is 6.22. The van der Waals surface area contributed by atoms with Crippen molar-refractivity contribution in [2.24, 2.45) is 0 Å². The molecule has 0 saturated heterocycles. The second-order valence-electron chi connectivity index (χ2n) is 6.22. The van der Waals surface area contributed by atoms with Crippen LogP contribution in [0, 0.1) is 13.8 Å². The Morgan fingerprint density at radius 2 is 1.83 bits per heavy atom. The molecule has 0 aromatic heterocycles. The van der Waals surface area contributed by atoms with E-state index in [-0.39, 0.29) is 6.03 Å². The highest BCUT2D eigenvalue weighted by Crippen LogP contribution is 2.25. The lowest BCUT2D eigenvalue weighted by Gasteiger charge is -2.14. The molecular weight excluding hydrogens is 300 g/mol. The molecule has 0 aliphatic carbocycles. The molecule has 0 bridgehead atoms. The van der Waals surface area contributed by atoms with Crippen molar-refractivity contribution in [3.63, 3.8) is 0 Å². The SMILES string of the molecule is Cc1ccc(NC(=O)NCCOc2ccccc2C(C)C)cc1C. The normalized spacial score (nSPS) is 10.5. The van der Waals surface area contributed by atoms with Crippen molar-refractivity contribution < 1.29 is 9.53 Å². The van der Waals surface area contributed by atoms with Crippen molar-refractivity contribution in [1.29, 1.82) is 0 Å². The van der Waals surface area contributed by atoms with Gasteiger partial charge in [0.15, 0.2) is 0 Å². The first-order valence-electron chi connectivity index (χ1n) is 8.31. The number of hydrogen-bond donors (Lipinski definition) is 2. The largest absolute Gasteiger partial charge is 0.491 e. The third-order valence-electron chi connectivity index (χ3n) is 3.95. The molecule has 2 amide bonds. The zero-order chi connectivity index (χ0) is 17.5. The predicted molar refractivity (Wildman–Crippen MR) is 99.0 cm³/mol. The van der Waals surface area contributed by atoms with E-state index in [9.17, 15) is 4.79 Å². The number of ether oxygens (including phenoxy) is 1. The Hall–Kier alpha value is -2.49. The molecule has 0 aliphatic heterocycles.